The minimum absolute atomic E-state index is 0.0145. The van der Waals surface area contributed by atoms with E-state index in [2.05, 4.69) is 111 Å². The van der Waals surface area contributed by atoms with Gasteiger partial charge in [0.2, 0.25) is 5.91 Å². The largest absolute Gasteiger partial charge is 0.461 e. The maximum atomic E-state index is 13.2. The summed E-state index contributed by atoms with van der Waals surface area (Å²) < 4.78 is 5.87. The number of aliphatic hydroxyl groups is 2. The molecule has 0 fully saturated rings. The standard InChI is InChI=1S/C59H101NO5/c1-4-7-10-13-16-19-22-25-28-29-31-34-37-40-43-46-49-52-59(64)65-55(50-47-44-41-38-35-32-30-26-23-20-17-14-11-8-5-2)53-58(63)60-56(54-61)57(62)51-48-45-42-39-36-33-27-24-21-18-15-12-9-6-3/h8,11,16-17,19-20,25-26,28,30-31,34-35,38,44,47,55-57,61-62H,4-7,9-10,12-15,18,21-24,27,29,32-33,36-37,39-43,45-46,48-54H2,1-3H3,(H,60,63)/b11-8-,19-16-,20-17-,28-25-,30-26-,34-31-,38-35-,47-44-. The van der Waals surface area contributed by atoms with Crippen LogP contribution < -0.4 is 5.32 Å². The summed E-state index contributed by atoms with van der Waals surface area (Å²) in [6.45, 7) is 6.31. The van der Waals surface area contributed by atoms with Gasteiger partial charge in [-0.1, -0.05) is 234 Å². The number of carbonyl (C=O) groups is 2. The Kier molecular flexibility index (Phi) is 49.2. The fourth-order valence-corrected chi connectivity index (χ4v) is 7.58. The van der Waals surface area contributed by atoms with Crippen LogP contribution >= 0.6 is 0 Å². The second-order valence-corrected chi connectivity index (χ2v) is 17.9. The summed E-state index contributed by atoms with van der Waals surface area (Å²) in [5.74, 6) is -0.610. The molecule has 3 atom stereocenters. The molecule has 0 aliphatic heterocycles. The topological polar surface area (TPSA) is 95.9 Å². The van der Waals surface area contributed by atoms with E-state index in [0.29, 0.717) is 19.3 Å². The highest BCUT2D eigenvalue weighted by atomic mass is 16.5. The molecule has 65 heavy (non-hydrogen) atoms. The lowest BCUT2D eigenvalue weighted by Gasteiger charge is -2.24. The number of rotatable bonds is 47. The lowest BCUT2D eigenvalue weighted by molar-refractivity contribution is -0.150. The van der Waals surface area contributed by atoms with Crippen LogP contribution in [0.4, 0.5) is 0 Å². The van der Waals surface area contributed by atoms with E-state index in [4.69, 9.17) is 4.74 Å². The Labute approximate surface area is 401 Å². The van der Waals surface area contributed by atoms with Gasteiger partial charge in [-0.25, -0.2) is 0 Å². The number of nitrogens with one attached hydrogen (secondary N) is 1. The molecule has 0 bridgehead atoms. The molecule has 3 unspecified atom stereocenters. The number of hydrogen-bond donors (Lipinski definition) is 3. The zero-order valence-corrected chi connectivity index (χ0v) is 42.3. The molecule has 0 saturated heterocycles. The van der Waals surface area contributed by atoms with Crippen LogP contribution in [0.1, 0.15) is 239 Å². The van der Waals surface area contributed by atoms with Crippen LogP contribution in [0.25, 0.3) is 0 Å². The Balaban J connectivity index is 4.75. The highest BCUT2D eigenvalue weighted by Gasteiger charge is 2.23. The Morgan fingerprint density at radius 2 is 0.862 bits per heavy atom. The zero-order valence-electron chi connectivity index (χ0n) is 42.3. The van der Waals surface area contributed by atoms with Crippen molar-refractivity contribution in [3.8, 4) is 0 Å². The van der Waals surface area contributed by atoms with Gasteiger partial charge in [0.05, 0.1) is 25.2 Å². The van der Waals surface area contributed by atoms with Crippen LogP contribution in [0.2, 0.25) is 0 Å². The molecule has 372 valence electrons. The Morgan fingerprint density at radius 3 is 1.34 bits per heavy atom. The fraction of sp³-hybridized carbons (Fsp3) is 0.695. The van der Waals surface area contributed by atoms with E-state index < -0.39 is 18.2 Å². The van der Waals surface area contributed by atoms with Crippen molar-refractivity contribution in [2.24, 2.45) is 0 Å². The number of esters is 1. The molecule has 0 aromatic carbocycles. The average Bonchev–Trinajstić information content (AvgIpc) is 3.30. The molecular weight excluding hydrogens is 803 g/mol. The molecule has 0 aromatic rings. The molecule has 6 nitrogen and oxygen atoms in total. The van der Waals surface area contributed by atoms with Crippen LogP contribution in [0.15, 0.2) is 97.2 Å². The lowest BCUT2D eigenvalue weighted by Crippen LogP contribution is -2.46. The van der Waals surface area contributed by atoms with Crippen LogP contribution in [0, 0.1) is 0 Å². The maximum absolute atomic E-state index is 13.2. The van der Waals surface area contributed by atoms with Crippen molar-refractivity contribution in [1.29, 1.82) is 0 Å². The van der Waals surface area contributed by atoms with Gasteiger partial charge in [0.15, 0.2) is 0 Å². The fourth-order valence-electron chi connectivity index (χ4n) is 7.58. The molecule has 0 aliphatic carbocycles. The van der Waals surface area contributed by atoms with Gasteiger partial charge in [0.1, 0.15) is 6.10 Å². The third kappa shape index (κ3) is 47.1. The number of allylic oxidation sites excluding steroid dienone is 15. The molecule has 0 spiro atoms. The number of ether oxygens (including phenoxy) is 1. The molecular formula is C59H101NO5. The SMILES string of the molecule is CC/C=C\C/C=C\C/C=C\C/C=C\C/C=C\CC(CC(=O)NC(CO)C(O)CCCCCCCCCCCCCCCC)OC(=O)CCCCCC/C=C\C/C=C\C/C=C\CCCCC. The monoisotopic (exact) mass is 904 g/mol. The van der Waals surface area contributed by atoms with Gasteiger partial charge in [-0.15, -0.1) is 0 Å². The first kappa shape index (κ1) is 61.8. The summed E-state index contributed by atoms with van der Waals surface area (Å²) in [6, 6.07) is -0.742. The molecule has 0 radical (unpaired) electrons. The third-order valence-electron chi connectivity index (χ3n) is 11.6. The molecule has 0 saturated carbocycles. The number of carbonyl (C=O) groups excluding carboxylic acids is 2. The normalized spacial score (nSPS) is 14.0. The van der Waals surface area contributed by atoms with Gasteiger partial charge in [0.25, 0.3) is 0 Å². The van der Waals surface area contributed by atoms with E-state index in [9.17, 15) is 19.8 Å². The summed E-state index contributed by atoms with van der Waals surface area (Å²) in [5, 5.41) is 23.8. The van der Waals surface area contributed by atoms with Gasteiger partial charge in [-0.3, -0.25) is 9.59 Å². The van der Waals surface area contributed by atoms with Crippen LogP contribution in [0.3, 0.4) is 0 Å². The second kappa shape index (κ2) is 51.8. The van der Waals surface area contributed by atoms with Gasteiger partial charge in [0, 0.05) is 12.8 Å². The van der Waals surface area contributed by atoms with Crippen molar-refractivity contribution in [2.75, 3.05) is 6.61 Å². The minimum atomic E-state index is -0.821. The summed E-state index contributed by atoms with van der Waals surface area (Å²) in [6.07, 6.45) is 69.1. The molecule has 1 amide bonds. The van der Waals surface area contributed by atoms with E-state index in [1.807, 2.05) is 12.2 Å². The van der Waals surface area contributed by atoms with Crippen molar-refractivity contribution in [3.05, 3.63) is 97.2 Å². The smallest absolute Gasteiger partial charge is 0.306 e. The summed E-state index contributed by atoms with van der Waals surface area (Å²) in [5.41, 5.74) is 0. The van der Waals surface area contributed by atoms with Crippen LogP contribution in [0.5, 0.6) is 0 Å². The van der Waals surface area contributed by atoms with Crippen molar-refractivity contribution in [3.63, 3.8) is 0 Å². The predicted octanol–water partition coefficient (Wildman–Crippen LogP) is 16.5. The lowest BCUT2D eigenvalue weighted by atomic mass is 10.0. The van der Waals surface area contributed by atoms with Crippen molar-refractivity contribution in [2.45, 2.75) is 257 Å². The number of unbranched alkanes of at least 4 members (excludes halogenated alkanes) is 20. The highest BCUT2D eigenvalue weighted by molar-refractivity contribution is 5.77. The first-order valence-corrected chi connectivity index (χ1v) is 27.0. The van der Waals surface area contributed by atoms with Gasteiger partial charge in [-0.05, 0) is 83.5 Å². The van der Waals surface area contributed by atoms with E-state index >= 15 is 0 Å². The molecule has 0 aromatic heterocycles. The van der Waals surface area contributed by atoms with Crippen LogP contribution in [-0.2, 0) is 14.3 Å². The first-order valence-electron chi connectivity index (χ1n) is 27.0. The summed E-state index contributed by atoms with van der Waals surface area (Å²) in [4.78, 5) is 26.2. The van der Waals surface area contributed by atoms with E-state index in [-0.39, 0.29) is 24.9 Å². The van der Waals surface area contributed by atoms with Crippen molar-refractivity contribution in [1.82, 2.24) is 5.32 Å². The molecule has 0 heterocycles. The second-order valence-electron chi connectivity index (χ2n) is 17.9. The summed E-state index contributed by atoms with van der Waals surface area (Å²) >= 11 is 0. The van der Waals surface area contributed by atoms with Crippen molar-refractivity contribution >= 4 is 11.9 Å². The quantitative estimate of drug-likeness (QED) is 0.0321. The highest BCUT2D eigenvalue weighted by Crippen LogP contribution is 2.16. The number of aliphatic hydroxyl groups excluding tert-OH is 2. The van der Waals surface area contributed by atoms with Gasteiger partial charge in [-0.2, -0.15) is 0 Å². The molecule has 3 N–H and O–H groups in total. The maximum Gasteiger partial charge on any atom is 0.306 e. The summed E-state index contributed by atoms with van der Waals surface area (Å²) in [7, 11) is 0. The Hall–Kier alpha value is -3.22. The van der Waals surface area contributed by atoms with E-state index in [1.165, 1.54) is 96.3 Å². The third-order valence-corrected chi connectivity index (χ3v) is 11.6. The Bertz CT molecular complexity index is 1290. The van der Waals surface area contributed by atoms with Crippen molar-refractivity contribution < 1.29 is 24.5 Å². The van der Waals surface area contributed by atoms with Gasteiger partial charge < -0.3 is 20.3 Å². The van der Waals surface area contributed by atoms with Gasteiger partial charge >= 0.3 is 5.97 Å². The number of hydrogen-bond acceptors (Lipinski definition) is 5. The first-order chi connectivity index (χ1) is 32.0. The van der Waals surface area contributed by atoms with E-state index in [0.717, 1.165) is 96.3 Å². The zero-order chi connectivity index (χ0) is 47.4. The molecule has 0 rings (SSSR count). The van der Waals surface area contributed by atoms with E-state index in [1.54, 1.807) is 0 Å². The molecule has 0 aliphatic rings. The predicted molar refractivity (Wildman–Crippen MR) is 282 cm³/mol. The Morgan fingerprint density at radius 1 is 0.477 bits per heavy atom. The van der Waals surface area contributed by atoms with Crippen LogP contribution in [-0.4, -0.2) is 46.9 Å². The number of amides is 1. The average molecular weight is 904 g/mol. The minimum Gasteiger partial charge on any atom is -0.461 e. The molecule has 6 heteroatoms.